The summed E-state index contributed by atoms with van der Waals surface area (Å²) in [6, 6.07) is 18.9. The fourth-order valence-corrected chi connectivity index (χ4v) is 5.20. The Bertz CT molecular complexity index is 1420. The fourth-order valence-electron chi connectivity index (χ4n) is 3.53. The zero-order valence-corrected chi connectivity index (χ0v) is 19.1. The first-order valence-electron chi connectivity index (χ1n) is 10.2. The van der Waals surface area contributed by atoms with Crippen LogP contribution in [-0.2, 0) is 5.60 Å². The van der Waals surface area contributed by atoms with Crippen LogP contribution >= 0.6 is 23.1 Å². The molecule has 10 heteroatoms. The molecule has 2 aromatic carbocycles. The smallest absolute Gasteiger partial charge is 0.376 e. The summed E-state index contributed by atoms with van der Waals surface area (Å²) in [4.78, 5) is 9.32. The van der Waals surface area contributed by atoms with Crippen molar-refractivity contribution < 1.29 is 18.3 Å². The molecule has 0 aliphatic heterocycles. The summed E-state index contributed by atoms with van der Waals surface area (Å²) in [6.45, 7) is 0. The van der Waals surface area contributed by atoms with E-state index in [9.17, 15) is 18.3 Å². The summed E-state index contributed by atoms with van der Waals surface area (Å²) >= 11 is 2.23. The monoisotopic (exact) mass is 498 g/mol. The predicted molar refractivity (Wildman–Crippen MR) is 127 cm³/mol. The molecule has 0 bridgehead atoms. The third-order valence-corrected chi connectivity index (χ3v) is 7.24. The van der Waals surface area contributed by atoms with Crippen LogP contribution in [0.15, 0.2) is 89.7 Å². The van der Waals surface area contributed by atoms with Gasteiger partial charge in [0.25, 0.3) is 0 Å². The molecule has 0 aliphatic rings. The van der Waals surface area contributed by atoms with E-state index in [-0.39, 0.29) is 10.7 Å². The van der Waals surface area contributed by atoms with Crippen LogP contribution in [0.4, 0.5) is 13.2 Å². The number of rotatable bonds is 6. The second kappa shape index (κ2) is 8.86. The highest BCUT2D eigenvalue weighted by molar-refractivity contribution is 7.99. The summed E-state index contributed by atoms with van der Waals surface area (Å²) in [6.07, 6.45) is -1.92. The first-order valence-corrected chi connectivity index (χ1v) is 12.0. The molecule has 5 rings (SSSR count). The zero-order chi connectivity index (χ0) is 23.8. The van der Waals surface area contributed by atoms with Crippen molar-refractivity contribution in [3.05, 3.63) is 90.1 Å². The second-order valence-electron chi connectivity index (χ2n) is 7.51. The molecule has 1 atom stereocenters. The molecule has 1 N–H and O–H groups in total. The van der Waals surface area contributed by atoms with E-state index >= 15 is 0 Å². The van der Waals surface area contributed by atoms with Crippen molar-refractivity contribution in [1.29, 1.82) is 0 Å². The van der Waals surface area contributed by atoms with Gasteiger partial charge in [-0.1, -0.05) is 42.1 Å². The van der Waals surface area contributed by atoms with Crippen molar-refractivity contribution in [2.75, 3.05) is 5.75 Å². The summed E-state index contributed by atoms with van der Waals surface area (Å²) in [5.41, 5.74) is -1.31. The number of aromatic nitrogens is 4. The van der Waals surface area contributed by atoms with Gasteiger partial charge in [0.1, 0.15) is 0 Å². The number of hydrogen-bond acceptors (Lipinski definition) is 6. The molecule has 0 fully saturated rings. The molecule has 0 saturated heterocycles. The standard InChI is InChI=1S/C24H17F3N4OS2/c25-24(26,27)23(32,15-34-22-28-11-10-19(30-22)21-7-4-12-33-21)17-8-9-20-16(13-17)14-29-31(20)18-5-2-1-3-6-18/h1-14,32H,15H2. The van der Waals surface area contributed by atoms with Gasteiger partial charge in [-0.3, -0.25) is 0 Å². The Morgan fingerprint density at radius 1 is 1.00 bits per heavy atom. The van der Waals surface area contributed by atoms with Crippen LogP contribution in [-0.4, -0.2) is 36.8 Å². The van der Waals surface area contributed by atoms with E-state index in [0.717, 1.165) is 22.3 Å². The highest BCUT2D eigenvalue weighted by Gasteiger charge is 2.55. The van der Waals surface area contributed by atoms with E-state index in [0.29, 0.717) is 16.6 Å². The van der Waals surface area contributed by atoms with Crippen LogP contribution in [0.25, 0.3) is 27.2 Å². The van der Waals surface area contributed by atoms with Crippen molar-refractivity contribution in [1.82, 2.24) is 19.7 Å². The molecule has 3 heterocycles. The third-order valence-electron chi connectivity index (χ3n) is 5.33. The number of nitrogens with zero attached hydrogens (tertiary/aromatic N) is 4. The van der Waals surface area contributed by atoms with Crippen molar-refractivity contribution >= 4 is 34.0 Å². The predicted octanol–water partition coefficient (Wildman–Crippen LogP) is 6.09. The van der Waals surface area contributed by atoms with Gasteiger partial charge >= 0.3 is 6.18 Å². The zero-order valence-electron chi connectivity index (χ0n) is 17.5. The number of fused-ring (bicyclic) bond motifs is 1. The van der Waals surface area contributed by atoms with Crippen LogP contribution in [0.5, 0.6) is 0 Å². The van der Waals surface area contributed by atoms with Crippen LogP contribution in [0.3, 0.4) is 0 Å². The Hall–Kier alpha value is -3.21. The molecular formula is C24H17F3N4OS2. The molecule has 0 spiro atoms. The van der Waals surface area contributed by atoms with Gasteiger partial charge in [0.2, 0.25) is 0 Å². The van der Waals surface area contributed by atoms with Gasteiger partial charge in [-0.25, -0.2) is 14.6 Å². The van der Waals surface area contributed by atoms with Crippen molar-refractivity contribution in [2.45, 2.75) is 16.9 Å². The minimum absolute atomic E-state index is 0.159. The minimum atomic E-state index is -4.91. The lowest BCUT2D eigenvalue weighted by Gasteiger charge is -2.30. The number of para-hydroxylation sites is 1. The first-order chi connectivity index (χ1) is 16.3. The van der Waals surface area contributed by atoms with Crippen LogP contribution in [0.1, 0.15) is 5.56 Å². The lowest BCUT2D eigenvalue weighted by atomic mass is 9.94. The van der Waals surface area contributed by atoms with Gasteiger partial charge in [-0.15, -0.1) is 11.3 Å². The van der Waals surface area contributed by atoms with Gasteiger partial charge in [-0.2, -0.15) is 18.3 Å². The summed E-state index contributed by atoms with van der Waals surface area (Å²) in [7, 11) is 0. The molecule has 3 aromatic heterocycles. The van der Waals surface area contributed by atoms with E-state index in [2.05, 4.69) is 15.1 Å². The average molecular weight is 499 g/mol. The molecule has 0 saturated carbocycles. The molecule has 0 aliphatic carbocycles. The Kier molecular flexibility index (Phi) is 5.88. The largest absolute Gasteiger partial charge is 0.422 e. The SMILES string of the molecule is OC(CSc1nccc(-c2cccs2)n1)(c1ccc2c(cnn2-c2ccccc2)c1)C(F)(F)F. The average Bonchev–Trinajstić information content (AvgIpc) is 3.52. The maximum atomic E-state index is 14.1. The van der Waals surface area contributed by atoms with Gasteiger partial charge in [0.05, 0.1) is 28.0 Å². The molecule has 34 heavy (non-hydrogen) atoms. The Morgan fingerprint density at radius 3 is 2.56 bits per heavy atom. The minimum Gasteiger partial charge on any atom is -0.376 e. The molecule has 1 unspecified atom stereocenters. The van der Waals surface area contributed by atoms with Gasteiger partial charge in [0, 0.05) is 17.3 Å². The van der Waals surface area contributed by atoms with Crippen LogP contribution < -0.4 is 0 Å². The summed E-state index contributed by atoms with van der Waals surface area (Å²) in [5, 5.41) is 17.7. The maximum absolute atomic E-state index is 14.1. The summed E-state index contributed by atoms with van der Waals surface area (Å²) < 4.78 is 44.1. The van der Waals surface area contributed by atoms with E-state index in [1.54, 1.807) is 16.8 Å². The van der Waals surface area contributed by atoms with E-state index in [1.165, 1.54) is 35.9 Å². The number of alkyl halides is 3. The molecule has 5 aromatic rings. The number of halogens is 3. The highest BCUT2D eigenvalue weighted by Crippen LogP contribution is 2.43. The Morgan fingerprint density at radius 2 is 1.82 bits per heavy atom. The van der Waals surface area contributed by atoms with E-state index in [1.807, 2.05) is 47.8 Å². The van der Waals surface area contributed by atoms with Crippen molar-refractivity contribution in [2.24, 2.45) is 0 Å². The third kappa shape index (κ3) is 4.20. The fraction of sp³-hybridized carbons (Fsp3) is 0.125. The maximum Gasteiger partial charge on any atom is 0.422 e. The Labute approximate surface area is 200 Å². The molecule has 172 valence electrons. The van der Waals surface area contributed by atoms with E-state index in [4.69, 9.17) is 0 Å². The molecule has 0 amide bonds. The lowest BCUT2D eigenvalue weighted by molar-refractivity contribution is -0.256. The van der Waals surface area contributed by atoms with Crippen molar-refractivity contribution in [3.8, 4) is 16.3 Å². The molecule has 5 nitrogen and oxygen atoms in total. The van der Waals surface area contributed by atoms with Crippen LogP contribution in [0.2, 0.25) is 0 Å². The Balaban J connectivity index is 1.46. The highest BCUT2D eigenvalue weighted by atomic mass is 32.2. The first kappa shape index (κ1) is 22.6. The molecular weight excluding hydrogens is 481 g/mol. The van der Waals surface area contributed by atoms with Gasteiger partial charge in [-0.05, 0) is 47.3 Å². The number of hydrogen-bond donors (Lipinski definition) is 1. The number of thioether (sulfide) groups is 1. The number of benzene rings is 2. The quantitative estimate of drug-likeness (QED) is 0.227. The summed E-state index contributed by atoms with van der Waals surface area (Å²) in [5.74, 6) is -0.692. The van der Waals surface area contributed by atoms with Gasteiger partial charge in [0.15, 0.2) is 10.8 Å². The topological polar surface area (TPSA) is 63.8 Å². The molecule has 0 radical (unpaired) electrons. The number of thiophene rings is 1. The van der Waals surface area contributed by atoms with E-state index < -0.39 is 17.5 Å². The number of aliphatic hydroxyl groups is 1. The van der Waals surface area contributed by atoms with Crippen LogP contribution in [0, 0.1) is 0 Å². The van der Waals surface area contributed by atoms with Gasteiger partial charge < -0.3 is 5.11 Å². The second-order valence-corrected chi connectivity index (χ2v) is 9.40. The normalized spacial score (nSPS) is 13.8. The lowest BCUT2D eigenvalue weighted by Crippen LogP contribution is -2.44. The van der Waals surface area contributed by atoms with Crippen molar-refractivity contribution in [3.63, 3.8) is 0 Å².